The number of aliphatic hydroxyl groups excluding tert-OH is 1. The number of amides is 1. The lowest BCUT2D eigenvalue weighted by molar-refractivity contribution is -0.0201. The molecule has 164 valence electrons. The Labute approximate surface area is 177 Å². The van der Waals surface area contributed by atoms with E-state index in [1.54, 1.807) is 18.2 Å². The number of allylic oxidation sites excluding steroid dienone is 1. The van der Waals surface area contributed by atoms with Crippen LogP contribution in [0.2, 0.25) is 0 Å². The van der Waals surface area contributed by atoms with E-state index in [0.29, 0.717) is 42.9 Å². The van der Waals surface area contributed by atoms with Gasteiger partial charge in [-0.3, -0.25) is 9.59 Å². The molecule has 1 aromatic rings. The number of ketones is 1. The largest absolute Gasteiger partial charge is 0.396 e. The maximum atomic E-state index is 11.9. The summed E-state index contributed by atoms with van der Waals surface area (Å²) in [4.78, 5) is 23.3. The molecule has 0 aromatic heterocycles. The van der Waals surface area contributed by atoms with Gasteiger partial charge in [0.2, 0.25) is 5.91 Å². The Hall–Kier alpha value is -2.48. The van der Waals surface area contributed by atoms with Crippen molar-refractivity contribution >= 4 is 17.4 Å². The molecule has 1 amide bonds. The number of nitrogens with two attached hydrogens (primary N) is 1. The first-order valence-corrected chi connectivity index (χ1v) is 10.4. The zero-order valence-electron chi connectivity index (χ0n) is 17.7. The highest BCUT2D eigenvalue weighted by Gasteiger charge is 2.14. The lowest BCUT2D eigenvalue weighted by atomic mass is 10.0. The molecule has 7 nitrogen and oxygen atoms in total. The number of aliphatic hydroxyl groups is 1. The van der Waals surface area contributed by atoms with Gasteiger partial charge in [0, 0.05) is 23.4 Å². The molecule has 2 atom stereocenters. The fourth-order valence-electron chi connectivity index (χ4n) is 3.27. The number of benzene rings is 1. The molecule has 0 saturated carbocycles. The summed E-state index contributed by atoms with van der Waals surface area (Å²) < 4.78 is 11.6. The van der Waals surface area contributed by atoms with Crippen molar-refractivity contribution in [1.82, 2.24) is 0 Å². The van der Waals surface area contributed by atoms with Crippen molar-refractivity contribution in [3.63, 3.8) is 0 Å². The topological polar surface area (TPSA) is 111 Å². The van der Waals surface area contributed by atoms with Crippen LogP contribution in [0.1, 0.15) is 60.2 Å². The standard InChI is InChI=1S/C23H32N2O5/c1-3-4-19(11-12-26)29-13-14-30-20-8-6-18(7-9-20)25-22-15-17(23(24)28)5-10-21(22)16(2)27/h5-8,10,15,19-20,25-26H,3-4,9,11-14H2,1-2H3,(H2,24,28). The number of hydrogen-bond donors (Lipinski definition) is 3. The molecular weight excluding hydrogens is 384 g/mol. The molecular formula is C23H32N2O5. The fourth-order valence-corrected chi connectivity index (χ4v) is 3.27. The van der Waals surface area contributed by atoms with Crippen molar-refractivity contribution in [3.8, 4) is 0 Å². The van der Waals surface area contributed by atoms with Gasteiger partial charge in [0.25, 0.3) is 0 Å². The van der Waals surface area contributed by atoms with Crippen LogP contribution in [0.15, 0.2) is 42.1 Å². The second-order valence-electron chi connectivity index (χ2n) is 7.26. The summed E-state index contributed by atoms with van der Waals surface area (Å²) in [5.41, 5.74) is 7.56. The third-order valence-electron chi connectivity index (χ3n) is 4.85. The van der Waals surface area contributed by atoms with Crippen LogP contribution in [0.3, 0.4) is 0 Å². The third-order valence-corrected chi connectivity index (χ3v) is 4.85. The smallest absolute Gasteiger partial charge is 0.248 e. The average Bonchev–Trinajstić information content (AvgIpc) is 2.72. The van der Waals surface area contributed by atoms with Crippen LogP contribution in [-0.2, 0) is 9.47 Å². The first-order chi connectivity index (χ1) is 14.4. The van der Waals surface area contributed by atoms with Crippen molar-refractivity contribution in [3.05, 3.63) is 53.3 Å². The van der Waals surface area contributed by atoms with Crippen LogP contribution < -0.4 is 11.1 Å². The Morgan fingerprint density at radius 2 is 2.10 bits per heavy atom. The number of hydrogen-bond acceptors (Lipinski definition) is 6. The van der Waals surface area contributed by atoms with Crippen LogP contribution in [-0.4, -0.2) is 48.8 Å². The number of nitrogens with one attached hydrogen (secondary N) is 1. The Bertz CT molecular complexity index is 782. The highest BCUT2D eigenvalue weighted by molar-refractivity contribution is 6.02. The molecule has 0 fully saturated rings. The molecule has 7 heteroatoms. The van der Waals surface area contributed by atoms with E-state index in [1.165, 1.54) is 6.92 Å². The number of carbonyl (C=O) groups excluding carboxylic acids is 2. The van der Waals surface area contributed by atoms with Gasteiger partial charge in [-0.1, -0.05) is 25.5 Å². The quantitative estimate of drug-likeness (QED) is 0.336. The lowest BCUT2D eigenvalue weighted by Crippen LogP contribution is -2.21. The van der Waals surface area contributed by atoms with Crippen LogP contribution in [0, 0.1) is 0 Å². The van der Waals surface area contributed by atoms with Crippen LogP contribution >= 0.6 is 0 Å². The predicted octanol–water partition coefficient (Wildman–Crippen LogP) is 3.20. The molecule has 0 heterocycles. The normalized spacial score (nSPS) is 16.8. The molecule has 0 radical (unpaired) electrons. The van der Waals surface area contributed by atoms with Gasteiger partial charge in [0.15, 0.2) is 5.78 Å². The van der Waals surface area contributed by atoms with Crippen molar-refractivity contribution in [2.24, 2.45) is 5.73 Å². The fraction of sp³-hybridized carbons (Fsp3) is 0.478. The summed E-state index contributed by atoms with van der Waals surface area (Å²) in [6.07, 6.45) is 9.13. The first-order valence-electron chi connectivity index (χ1n) is 10.4. The van der Waals surface area contributed by atoms with E-state index in [4.69, 9.17) is 20.3 Å². The number of Topliss-reactive ketones (excluding diaryl/α,β-unsaturated/α-hetero) is 1. The van der Waals surface area contributed by atoms with E-state index >= 15 is 0 Å². The number of rotatable bonds is 13. The van der Waals surface area contributed by atoms with Crippen LogP contribution in [0.5, 0.6) is 0 Å². The van der Waals surface area contributed by atoms with E-state index in [9.17, 15) is 9.59 Å². The van der Waals surface area contributed by atoms with E-state index in [-0.39, 0.29) is 24.6 Å². The van der Waals surface area contributed by atoms with Crippen molar-refractivity contribution in [2.45, 2.75) is 51.7 Å². The molecule has 0 saturated heterocycles. The number of primary amides is 1. The van der Waals surface area contributed by atoms with E-state index < -0.39 is 5.91 Å². The van der Waals surface area contributed by atoms with Crippen molar-refractivity contribution in [1.29, 1.82) is 0 Å². The Morgan fingerprint density at radius 3 is 2.70 bits per heavy atom. The molecule has 0 aliphatic heterocycles. The second kappa shape index (κ2) is 12.3. The van der Waals surface area contributed by atoms with Gasteiger partial charge in [-0.25, -0.2) is 0 Å². The predicted molar refractivity (Wildman–Crippen MR) is 117 cm³/mol. The van der Waals surface area contributed by atoms with Gasteiger partial charge in [-0.2, -0.15) is 0 Å². The number of ether oxygens (including phenoxy) is 2. The van der Waals surface area contributed by atoms with Crippen molar-refractivity contribution < 1.29 is 24.2 Å². The summed E-state index contributed by atoms with van der Waals surface area (Å²) in [6, 6.07) is 4.74. The van der Waals surface area contributed by atoms with Crippen molar-refractivity contribution in [2.75, 3.05) is 25.1 Å². The molecule has 4 N–H and O–H groups in total. The minimum Gasteiger partial charge on any atom is -0.396 e. The highest BCUT2D eigenvalue weighted by Crippen LogP contribution is 2.23. The van der Waals surface area contributed by atoms with Crippen LogP contribution in [0.4, 0.5) is 5.69 Å². The molecule has 1 aliphatic rings. The summed E-state index contributed by atoms with van der Waals surface area (Å²) in [6.45, 7) is 4.68. The average molecular weight is 417 g/mol. The monoisotopic (exact) mass is 416 g/mol. The summed E-state index contributed by atoms with van der Waals surface area (Å²) in [5.74, 6) is -0.644. The van der Waals surface area contributed by atoms with E-state index in [2.05, 4.69) is 12.2 Å². The zero-order valence-corrected chi connectivity index (χ0v) is 17.7. The Morgan fingerprint density at radius 1 is 1.30 bits per heavy atom. The number of anilines is 1. The molecule has 2 unspecified atom stereocenters. The Balaban J connectivity index is 1.86. The Kier molecular flexibility index (Phi) is 9.73. The van der Waals surface area contributed by atoms with E-state index in [0.717, 1.165) is 18.5 Å². The molecule has 1 aromatic carbocycles. The highest BCUT2D eigenvalue weighted by atomic mass is 16.5. The third kappa shape index (κ3) is 7.40. The molecule has 0 spiro atoms. The summed E-state index contributed by atoms with van der Waals surface area (Å²) >= 11 is 0. The van der Waals surface area contributed by atoms with Gasteiger partial charge < -0.3 is 25.6 Å². The second-order valence-corrected chi connectivity index (χ2v) is 7.26. The van der Waals surface area contributed by atoms with Crippen LogP contribution in [0.25, 0.3) is 0 Å². The molecule has 30 heavy (non-hydrogen) atoms. The molecule has 1 aliphatic carbocycles. The number of carbonyl (C=O) groups is 2. The van der Waals surface area contributed by atoms with Gasteiger partial charge in [0.05, 0.1) is 31.1 Å². The maximum Gasteiger partial charge on any atom is 0.248 e. The maximum absolute atomic E-state index is 11.9. The van der Waals surface area contributed by atoms with Gasteiger partial charge in [-0.05, 0) is 50.5 Å². The van der Waals surface area contributed by atoms with Gasteiger partial charge >= 0.3 is 0 Å². The zero-order chi connectivity index (χ0) is 21.9. The minimum atomic E-state index is -0.544. The van der Waals surface area contributed by atoms with Gasteiger partial charge in [0.1, 0.15) is 0 Å². The first kappa shape index (κ1) is 23.8. The van der Waals surface area contributed by atoms with Gasteiger partial charge in [-0.15, -0.1) is 0 Å². The molecule has 0 bridgehead atoms. The lowest BCUT2D eigenvalue weighted by Gasteiger charge is -2.20. The SMILES string of the molecule is CCCC(CCO)OCCOC1C=CC(Nc2cc(C(N)=O)ccc2C(C)=O)=CC1. The van der Waals surface area contributed by atoms with E-state index in [1.807, 2.05) is 18.2 Å². The molecule has 2 rings (SSSR count). The summed E-state index contributed by atoms with van der Waals surface area (Å²) in [5, 5.41) is 12.3. The summed E-state index contributed by atoms with van der Waals surface area (Å²) in [7, 11) is 0. The minimum absolute atomic E-state index is 0.0501.